The quantitative estimate of drug-likeness (QED) is 0.708. The Labute approximate surface area is 122 Å². The summed E-state index contributed by atoms with van der Waals surface area (Å²) in [6.07, 6.45) is -0.375. The molecule has 1 aliphatic rings. The highest BCUT2D eigenvalue weighted by molar-refractivity contribution is 5.69. The number of hydrogen-bond donors (Lipinski definition) is 3. The Morgan fingerprint density at radius 2 is 1.95 bits per heavy atom. The molecule has 2 rings (SSSR count). The lowest BCUT2D eigenvalue weighted by atomic mass is 10.0. The summed E-state index contributed by atoms with van der Waals surface area (Å²) in [5, 5.41) is 21.2. The van der Waals surface area contributed by atoms with Gasteiger partial charge < -0.3 is 20.3 Å². The van der Waals surface area contributed by atoms with Crippen LogP contribution in [0.4, 0.5) is 4.79 Å². The van der Waals surface area contributed by atoms with Crippen molar-refractivity contribution in [3.63, 3.8) is 0 Å². The van der Waals surface area contributed by atoms with Crippen molar-refractivity contribution < 1.29 is 24.5 Å². The van der Waals surface area contributed by atoms with Crippen LogP contribution in [0.3, 0.4) is 0 Å². The van der Waals surface area contributed by atoms with Gasteiger partial charge in [-0.2, -0.15) is 0 Å². The fraction of sp³-hybridized carbons (Fsp3) is 0.467. The number of carbonyl (C=O) groups excluding carboxylic acids is 1. The lowest BCUT2D eigenvalue weighted by Gasteiger charge is -2.22. The minimum atomic E-state index is -1.10. The number of carboxylic acids is 1. The molecule has 0 saturated heterocycles. The highest BCUT2D eigenvalue weighted by atomic mass is 16.5. The molecule has 1 aromatic rings. The first kappa shape index (κ1) is 15.3. The Hall–Kier alpha value is -2.08. The highest BCUT2D eigenvalue weighted by Crippen LogP contribution is 2.34. The van der Waals surface area contributed by atoms with Crippen LogP contribution < -0.4 is 5.32 Å². The van der Waals surface area contributed by atoms with Crippen molar-refractivity contribution in [3.05, 3.63) is 35.9 Å². The van der Waals surface area contributed by atoms with E-state index in [0.717, 1.165) is 18.4 Å². The first-order valence-corrected chi connectivity index (χ1v) is 6.93. The molecule has 114 valence electrons. The number of alkyl carbamates (subject to hydrolysis) is 1. The van der Waals surface area contributed by atoms with Crippen molar-refractivity contribution in [1.82, 2.24) is 5.32 Å². The molecule has 3 N–H and O–H groups in total. The Morgan fingerprint density at radius 1 is 1.29 bits per heavy atom. The number of rotatable bonds is 7. The molecule has 0 bridgehead atoms. The molecule has 1 amide bonds. The van der Waals surface area contributed by atoms with Gasteiger partial charge in [0.1, 0.15) is 6.61 Å². The van der Waals surface area contributed by atoms with Gasteiger partial charge in [0.2, 0.25) is 0 Å². The molecule has 6 heteroatoms. The van der Waals surface area contributed by atoms with E-state index in [-0.39, 0.29) is 18.9 Å². The van der Waals surface area contributed by atoms with Crippen LogP contribution in [0.25, 0.3) is 0 Å². The molecule has 0 heterocycles. The van der Waals surface area contributed by atoms with Crippen LogP contribution in [0.1, 0.15) is 24.8 Å². The van der Waals surface area contributed by atoms with Gasteiger partial charge in [-0.15, -0.1) is 0 Å². The molecule has 0 spiro atoms. The molecule has 1 aromatic carbocycles. The van der Waals surface area contributed by atoms with Crippen molar-refractivity contribution in [2.75, 3.05) is 0 Å². The average molecular weight is 293 g/mol. The van der Waals surface area contributed by atoms with Gasteiger partial charge in [0.15, 0.2) is 0 Å². The number of nitrogens with one attached hydrogen (secondary N) is 1. The van der Waals surface area contributed by atoms with E-state index in [1.165, 1.54) is 0 Å². The van der Waals surface area contributed by atoms with Crippen molar-refractivity contribution in [2.24, 2.45) is 5.92 Å². The Bertz CT molecular complexity index is 486. The van der Waals surface area contributed by atoms with Crippen LogP contribution in [0.2, 0.25) is 0 Å². The van der Waals surface area contributed by atoms with Crippen LogP contribution in [0.15, 0.2) is 30.3 Å². The maximum atomic E-state index is 11.8. The standard InChI is InChI=1S/C15H19NO5/c17-12(8-13(18)19)14(11-6-7-11)16-15(20)21-9-10-4-2-1-3-5-10/h1-5,11-12,14,17H,6-9H2,(H,16,20)(H,18,19)/t12?,14-/m0/s1. The maximum absolute atomic E-state index is 11.8. The van der Waals surface area contributed by atoms with E-state index in [2.05, 4.69) is 5.32 Å². The van der Waals surface area contributed by atoms with Gasteiger partial charge in [-0.25, -0.2) is 4.79 Å². The van der Waals surface area contributed by atoms with Crippen LogP contribution in [0, 0.1) is 5.92 Å². The second-order valence-corrected chi connectivity index (χ2v) is 5.23. The second-order valence-electron chi connectivity index (χ2n) is 5.23. The van der Waals surface area contributed by atoms with E-state index in [1.54, 1.807) is 0 Å². The van der Waals surface area contributed by atoms with Gasteiger partial charge in [-0.1, -0.05) is 30.3 Å². The Kier molecular flexibility index (Phi) is 5.16. The van der Waals surface area contributed by atoms with E-state index >= 15 is 0 Å². The molecule has 2 atom stereocenters. The van der Waals surface area contributed by atoms with Gasteiger partial charge in [-0.3, -0.25) is 4.79 Å². The van der Waals surface area contributed by atoms with Crippen LogP contribution >= 0.6 is 0 Å². The molecule has 1 unspecified atom stereocenters. The van der Waals surface area contributed by atoms with Gasteiger partial charge in [0, 0.05) is 0 Å². The van der Waals surface area contributed by atoms with Crippen LogP contribution in [-0.4, -0.2) is 34.4 Å². The zero-order chi connectivity index (χ0) is 15.2. The molecule has 0 aromatic heterocycles. The monoisotopic (exact) mass is 293 g/mol. The normalized spacial score (nSPS) is 16.8. The third kappa shape index (κ3) is 5.07. The smallest absolute Gasteiger partial charge is 0.407 e. The van der Waals surface area contributed by atoms with Gasteiger partial charge >= 0.3 is 12.1 Å². The van der Waals surface area contributed by atoms with Crippen molar-refractivity contribution in [2.45, 2.75) is 38.0 Å². The third-order valence-corrected chi connectivity index (χ3v) is 3.43. The summed E-state index contributed by atoms with van der Waals surface area (Å²) in [5.74, 6) is -0.962. The number of carbonyl (C=O) groups is 2. The summed E-state index contributed by atoms with van der Waals surface area (Å²) in [7, 11) is 0. The number of benzene rings is 1. The summed E-state index contributed by atoms with van der Waals surface area (Å²) in [6.45, 7) is 0.138. The lowest BCUT2D eigenvalue weighted by molar-refractivity contribution is -0.139. The molecule has 1 fully saturated rings. The molecule has 0 radical (unpaired) electrons. The van der Waals surface area contributed by atoms with E-state index in [0.29, 0.717) is 0 Å². The predicted octanol–water partition coefficient (Wildman–Crippen LogP) is 1.53. The van der Waals surface area contributed by atoms with Crippen LogP contribution in [-0.2, 0) is 16.1 Å². The summed E-state index contributed by atoms with van der Waals surface area (Å²) < 4.78 is 5.08. The molecule has 1 aliphatic carbocycles. The van der Waals surface area contributed by atoms with Crippen molar-refractivity contribution in [1.29, 1.82) is 0 Å². The van der Waals surface area contributed by atoms with Crippen LogP contribution in [0.5, 0.6) is 0 Å². The SMILES string of the molecule is O=C(O)CC(O)[C@@H](NC(=O)OCc1ccccc1)C1CC1. The fourth-order valence-electron chi connectivity index (χ4n) is 2.19. The van der Waals surface area contributed by atoms with E-state index in [4.69, 9.17) is 9.84 Å². The average Bonchev–Trinajstić information content (AvgIpc) is 3.27. The minimum Gasteiger partial charge on any atom is -0.481 e. The largest absolute Gasteiger partial charge is 0.481 e. The van der Waals surface area contributed by atoms with Gasteiger partial charge in [0.25, 0.3) is 0 Å². The molecule has 21 heavy (non-hydrogen) atoms. The number of aliphatic hydroxyl groups excluding tert-OH is 1. The summed E-state index contributed by atoms with van der Waals surface area (Å²) in [5.41, 5.74) is 0.863. The van der Waals surface area contributed by atoms with E-state index in [1.807, 2.05) is 30.3 Å². The molecule has 0 aliphatic heterocycles. The molecule has 1 saturated carbocycles. The Balaban J connectivity index is 1.82. The van der Waals surface area contributed by atoms with Gasteiger partial charge in [-0.05, 0) is 24.3 Å². The maximum Gasteiger partial charge on any atom is 0.407 e. The predicted molar refractivity (Wildman–Crippen MR) is 74.5 cm³/mol. The van der Waals surface area contributed by atoms with Gasteiger partial charge in [0.05, 0.1) is 18.6 Å². The summed E-state index contributed by atoms with van der Waals surface area (Å²) >= 11 is 0. The van der Waals surface area contributed by atoms with Crippen molar-refractivity contribution >= 4 is 12.1 Å². The molecular formula is C15H19NO5. The number of carboxylic acid groups (broad SMARTS) is 1. The Morgan fingerprint density at radius 3 is 2.52 bits per heavy atom. The fourth-order valence-corrected chi connectivity index (χ4v) is 2.19. The topological polar surface area (TPSA) is 95.9 Å². The molecule has 6 nitrogen and oxygen atoms in total. The number of amides is 1. The zero-order valence-electron chi connectivity index (χ0n) is 11.6. The summed E-state index contributed by atoms with van der Waals surface area (Å²) in [6, 6.07) is 8.68. The third-order valence-electron chi connectivity index (χ3n) is 3.43. The highest BCUT2D eigenvalue weighted by Gasteiger charge is 2.38. The molecular weight excluding hydrogens is 274 g/mol. The zero-order valence-corrected chi connectivity index (χ0v) is 11.6. The number of aliphatic carboxylic acids is 1. The minimum absolute atomic E-state index is 0.128. The number of hydrogen-bond acceptors (Lipinski definition) is 4. The number of ether oxygens (including phenoxy) is 1. The number of aliphatic hydroxyl groups is 1. The van der Waals surface area contributed by atoms with Crippen molar-refractivity contribution in [3.8, 4) is 0 Å². The summed E-state index contributed by atoms with van der Waals surface area (Å²) in [4.78, 5) is 22.4. The van der Waals surface area contributed by atoms with E-state index < -0.39 is 24.2 Å². The second kappa shape index (κ2) is 7.08. The first-order chi connectivity index (χ1) is 10.1. The first-order valence-electron chi connectivity index (χ1n) is 6.93. The lowest BCUT2D eigenvalue weighted by Crippen LogP contribution is -2.45. The van der Waals surface area contributed by atoms with E-state index in [9.17, 15) is 14.7 Å².